The summed E-state index contributed by atoms with van der Waals surface area (Å²) in [6.07, 6.45) is 7.38. The molecule has 5 aliphatic heterocycles. The van der Waals surface area contributed by atoms with Gasteiger partial charge in [-0.3, -0.25) is 49.1 Å². The maximum Gasteiger partial charge on any atom is 0.311 e. The zero-order valence-electron chi connectivity index (χ0n) is 31.6. The van der Waals surface area contributed by atoms with Crippen LogP contribution in [0.1, 0.15) is 59.2 Å². The highest BCUT2D eigenvalue weighted by atomic mass is 19.1. The van der Waals surface area contributed by atoms with Crippen LogP contribution in [0.4, 0.5) is 21.5 Å². The van der Waals surface area contributed by atoms with Gasteiger partial charge < -0.3 is 19.4 Å². The Kier molecular flexibility index (Phi) is 10.2. The molecule has 0 aliphatic carbocycles. The number of nitrogens with zero attached hydrogens (tertiary/aromatic N) is 8. The van der Waals surface area contributed by atoms with Crippen LogP contribution in [0.2, 0.25) is 0 Å². The first kappa shape index (κ1) is 37.5. The van der Waals surface area contributed by atoms with Crippen molar-refractivity contribution in [2.75, 3.05) is 75.8 Å². The van der Waals surface area contributed by atoms with Crippen LogP contribution < -0.4 is 19.9 Å². The first-order valence-electron chi connectivity index (χ1n) is 19.4. The van der Waals surface area contributed by atoms with E-state index in [0.29, 0.717) is 25.0 Å². The Bertz CT molecular complexity index is 2070. The van der Waals surface area contributed by atoms with E-state index in [0.717, 1.165) is 99.3 Å². The number of hydrogen-bond acceptors (Lipinski definition) is 12. The van der Waals surface area contributed by atoms with Crippen molar-refractivity contribution < 1.29 is 33.2 Å². The van der Waals surface area contributed by atoms with Gasteiger partial charge >= 0.3 is 5.69 Å². The van der Waals surface area contributed by atoms with Crippen molar-refractivity contribution in [2.24, 2.45) is 13.0 Å². The van der Waals surface area contributed by atoms with Gasteiger partial charge in [-0.15, -0.1) is 0 Å². The van der Waals surface area contributed by atoms with Crippen LogP contribution in [0, 0.1) is 21.8 Å². The number of carbonyl (C=O) groups is 4. The number of fused-ring (bicyclic) bond motifs is 1. The van der Waals surface area contributed by atoms with E-state index in [1.807, 2.05) is 18.1 Å². The second kappa shape index (κ2) is 15.3. The molecule has 1 unspecified atom stereocenters. The molecule has 4 amide bonds. The normalized spacial score (nSPS) is 21.8. The fourth-order valence-electron chi connectivity index (χ4n) is 9.14. The average molecular weight is 772 g/mol. The van der Waals surface area contributed by atoms with Crippen molar-refractivity contribution in [3.8, 4) is 16.9 Å². The minimum atomic E-state index is -1.09. The molecule has 56 heavy (non-hydrogen) atoms. The topological polar surface area (TPSA) is 167 Å². The van der Waals surface area contributed by atoms with Crippen molar-refractivity contribution in [2.45, 2.75) is 50.6 Å². The Labute approximate surface area is 323 Å². The van der Waals surface area contributed by atoms with Crippen LogP contribution in [0.5, 0.6) is 5.75 Å². The average Bonchev–Trinajstić information content (AvgIpc) is 3.73. The molecule has 2 aromatic carbocycles. The number of hydrogen-bond donors (Lipinski definition) is 1. The lowest BCUT2D eigenvalue weighted by Crippen LogP contribution is -2.54. The Balaban J connectivity index is 0.826. The number of halogens is 1. The first-order valence-corrected chi connectivity index (χ1v) is 19.4. The Morgan fingerprint density at radius 2 is 1.52 bits per heavy atom. The number of nitro groups is 1. The van der Waals surface area contributed by atoms with E-state index in [1.165, 1.54) is 13.2 Å². The third kappa shape index (κ3) is 7.09. The molecule has 3 aromatic rings. The van der Waals surface area contributed by atoms with Crippen molar-refractivity contribution in [3.63, 3.8) is 0 Å². The summed E-state index contributed by atoms with van der Waals surface area (Å²) in [7, 11) is 3.28. The molecule has 8 rings (SSSR count). The highest BCUT2D eigenvalue weighted by Gasteiger charge is 2.45. The number of imide groups is 2. The lowest BCUT2D eigenvalue weighted by Gasteiger charge is -2.44. The molecule has 0 radical (unpaired) electrons. The van der Waals surface area contributed by atoms with Gasteiger partial charge in [-0.05, 0) is 50.2 Å². The number of nitrogens with one attached hydrogen (secondary N) is 1. The van der Waals surface area contributed by atoms with Crippen LogP contribution in [0.3, 0.4) is 0 Å². The largest absolute Gasteiger partial charge is 0.490 e. The third-order valence-electron chi connectivity index (χ3n) is 12.2. The lowest BCUT2D eigenvalue weighted by atomic mass is 9.94. The number of amides is 4. The number of piperidine rings is 3. The molecule has 0 spiro atoms. The molecular formula is C39H46FN9O7. The Hall–Kier alpha value is -5.42. The van der Waals surface area contributed by atoms with Crippen LogP contribution in [-0.4, -0.2) is 131 Å². The monoisotopic (exact) mass is 771 g/mol. The van der Waals surface area contributed by atoms with E-state index in [1.54, 1.807) is 23.0 Å². The highest BCUT2D eigenvalue weighted by molar-refractivity contribution is 6.23. The van der Waals surface area contributed by atoms with Crippen LogP contribution in [0.15, 0.2) is 36.7 Å². The van der Waals surface area contributed by atoms with E-state index < -0.39 is 40.4 Å². The van der Waals surface area contributed by atoms with E-state index in [-0.39, 0.29) is 41.1 Å². The van der Waals surface area contributed by atoms with Crippen molar-refractivity contribution >= 4 is 40.7 Å². The second-order valence-electron chi connectivity index (χ2n) is 15.5. The Morgan fingerprint density at radius 1 is 0.857 bits per heavy atom. The molecule has 6 heterocycles. The summed E-state index contributed by atoms with van der Waals surface area (Å²) in [6, 6.07) is 5.30. The number of methoxy groups -OCH3 is 1. The van der Waals surface area contributed by atoms with Crippen LogP contribution in [0.25, 0.3) is 11.1 Å². The van der Waals surface area contributed by atoms with Crippen molar-refractivity contribution in [1.29, 1.82) is 0 Å². The molecule has 17 heteroatoms. The molecule has 4 saturated heterocycles. The van der Waals surface area contributed by atoms with Crippen molar-refractivity contribution in [3.05, 3.63) is 63.7 Å². The number of benzene rings is 2. The van der Waals surface area contributed by atoms with Crippen LogP contribution in [-0.2, 0) is 16.6 Å². The number of carbonyl (C=O) groups excluding carboxylic acids is 4. The molecule has 1 atom stereocenters. The van der Waals surface area contributed by atoms with E-state index in [4.69, 9.17) is 4.74 Å². The molecule has 0 bridgehead atoms. The lowest BCUT2D eigenvalue weighted by molar-refractivity contribution is -0.385. The van der Waals surface area contributed by atoms with Crippen LogP contribution >= 0.6 is 0 Å². The molecule has 1 aromatic heterocycles. The van der Waals surface area contributed by atoms with Gasteiger partial charge in [-0.25, -0.2) is 4.39 Å². The number of ether oxygens (including phenoxy) is 1. The standard InChI is InChI=1S/C39H46FN9O7/c1-43-23-25(21-41-43)27-18-34(49(54)55)35(56-2)20-32(27)46-11-7-26(8-12-46)45-15-13-44(14-16-45)22-24-5-9-47(10-6-24)33-19-29-28(17-30(33)40)38(52)48(39(29)53)31-3-4-36(50)42-37(31)51/h17-21,23-24,26,31H,3-16,22H2,1-2H3,(H,42,50,51). The van der Waals surface area contributed by atoms with E-state index >= 15 is 4.39 Å². The summed E-state index contributed by atoms with van der Waals surface area (Å²) < 4.78 is 22.6. The van der Waals surface area contributed by atoms with Crippen molar-refractivity contribution in [1.82, 2.24) is 29.8 Å². The first-order chi connectivity index (χ1) is 27.0. The number of rotatable bonds is 9. The van der Waals surface area contributed by atoms with E-state index in [2.05, 4.69) is 25.1 Å². The third-order valence-corrected chi connectivity index (χ3v) is 12.2. The van der Waals surface area contributed by atoms with Gasteiger partial charge in [-0.1, -0.05) is 0 Å². The summed E-state index contributed by atoms with van der Waals surface area (Å²) in [5.41, 5.74) is 2.75. The number of piperazine rings is 1. The van der Waals surface area contributed by atoms with Gasteiger partial charge in [0, 0.05) is 114 Å². The van der Waals surface area contributed by atoms with E-state index in [9.17, 15) is 29.3 Å². The summed E-state index contributed by atoms with van der Waals surface area (Å²) >= 11 is 0. The maximum absolute atomic E-state index is 15.5. The zero-order chi connectivity index (χ0) is 39.2. The van der Waals surface area contributed by atoms with Gasteiger partial charge in [0.25, 0.3) is 11.8 Å². The molecule has 4 fully saturated rings. The van der Waals surface area contributed by atoms with Gasteiger partial charge in [0.2, 0.25) is 11.8 Å². The quantitative estimate of drug-likeness (QED) is 0.192. The summed E-state index contributed by atoms with van der Waals surface area (Å²) in [6.45, 7) is 7.80. The fourth-order valence-corrected chi connectivity index (χ4v) is 9.14. The number of aryl methyl sites for hydroxylation is 1. The molecule has 0 saturated carbocycles. The predicted octanol–water partition coefficient (Wildman–Crippen LogP) is 3.05. The minimum absolute atomic E-state index is 0.0207. The van der Waals surface area contributed by atoms with Gasteiger partial charge in [-0.2, -0.15) is 5.10 Å². The van der Waals surface area contributed by atoms with Gasteiger partial charge in [0.05, 0.1) is 35.0 Å². The summed E-state index contributed by atoms with van der Waals surface area (Å²) in [4.78, 5) is 72.1. The second-order valence-corrected chi connectivity index (χ2v) is 15.5. The minimum Gasteiger partial charge on any atom is -0.490 e. The SMILES string of the molecule is COc1cc(N2CCC(N3CCN(CC4CCN(c5cc6c(cc5F)C(=O)N(C5CCC(=O)NC5=O)C6=O)CC4)CC3)CC2)c(-c2cnn(C)c2)cc1[N+](=O)[O-]. The smallest absolute Gasteiger partial charge is 0.311 e. The maximum atomic E-state index is 15.5. The summed E-state index contributed by atoms with van der Waals surface area (Å²) in [5.74, 6) is -2.37. The molecule has 1 N–H and O–H groups in total. The Morgan fingerprint density at radius 3 is 2.14 bits per heavy atom. The predicted molar refractivity (Wildman–Crippen MR) is 203 cm³/mol. The van der Waals surface area contributed by atoms with Gasteiger partial charge in [0.1, 0.15) is 11.9 Å². The highest BCUT2D eigenvalue weighted by Crippen LogP contribution is 2.41. The number of anilines is 2. The zero-order valence-corrected chi connectivity index (χ0v) is 31.6. The fraction of sp³-hybridized carbons (Fsp3) is 0.513. The molecular weight excluding hydrogens is 725 g/mol. The summed E-state index contributed by atoms with van der Waals surface area (Å²) in [5, 5.41) is 18.3. The molecule has 16 nitrogen and oxygen atoms in total. The molecule has 296 valence electrons. The molecule has 5 aliphatic rings. The van der Waals surface area contributed by atoms with Gasteiger partial charge in [0.15, 0.2) is 5.75 Å². The number of nitro benzene ring substituents is 1. The number of aromatic nitrogens is 2.